The van der Waals surface area contributed by atoms with Gasteiger partial charge in [0.2, 0.25) is 0 Å². The molecule has 0 aromatic heterocycles. The first kappa shape index (κ1) is 20.3. The van der Waals surface area contributed by atoms with Crippen molar-refractivity contribution in [1.29, 1.82) is 0 Å². The van der Waals surface area contributed by atoms with Gasteiger partial charge in [0.1, 0.15) is 6.61 Å². The highest BCUT2D eigenvalue weighted by Gasteiger charge is 2.10. The van der Waals surface area contributed by atoms with Crippen LogP contribution in [0.5, 0.6) is 0 Å². The Morgan fingerprint density at radius 3 is 1.77 bits per heavy atom. The standard InChI is InChI=1S/C16H30N2O4/c1-6-17(7-2)15(19)21-12-10-14(5)11-13-22-16(20)18(8-3)9-4/h10H,6-9,11-13H2,1-5H3/b14-10-. The summed E-state index contributed by atoms with van der Waals surface area (Å²) in [6.45, 7) is 12.7. The van der Waals surface area contributed by atoms with Crippen LogP contribution in [-0.4, -0.2) is 61.4 Å². The largest absolute Gasteiger partial charge is 0.449 e. The van der Waals surface area contributed by atoms with Gasteiger partial charge in [-0.1, -0.05) is 5.57 Å². The van der Waals surface area contributed by atoms with Crippen molar-refractivity contribution in [3.05, 3.63) is 11.6 Å². The van der Waals surface area contributed by atoms with Gasteiger partial charge in [0.15, 0.2) is 0 Å². The molecule has 0 N–H and O–H groups in total. The van der Waals surface area contributed by atoms with Crippen molar-refractivity contribution in [1.82, 2.24) is 9.80 Å². The number of hydrogen-bond acceptors (Lipinski definition) is 4. The number of hydrogen-bond donors (Lipinski definition) is 0. The minimum Gasteiger partial charge on any atom is -0.449 e. The number of carbonyl (C=O) groups excluding carboxylic acids is 2. The van der Waals surface area contributed by atoms with Gasteiger partial charge in [-0.2, -0.15) is 0 Å². The minimum absolute atomic E-state index is 0.241. The quantitative estimate of drug-likeness (QED) is 0.613. The Morgan fingerprint density at radius 2 is 1.32 bits per heavy atom. The van der Waals surface area contributed by atoms with Gasteiger partial charge in [-0.15, -0.1) is 0 Å². The number of amides is 2. The summed E-state index contributed by atoms with van der Waals surface area (Å²) in [7, 11) is 0. The van der Waals surface area contributed by atoms with Crippen molar-refractivity contribution in [3.63, 3.8) is 0 Å². The molecule has 0 aliphatic rings. The van der Waals surface area contributed by atoms with Gasteiger partial charge in [-0.05, 0) is 40.7 Å². The van der Waals surface area contributed by atoms with Gasteiger partial charge in [-0.25, -0.2) is 9.59 Å². The molecule has 6 heteroatoms. The first-order chi connectivity index (χ1) is 10.5. The second-order valence-electron chi connectivity index (χ2n) is 4.84. The van der Waals surface area contributed by atoms with Crippen molar-refractivity contribution in [2.75, 3.05) is 39.4 Å². The number of rotatable bonds is 9. The molecule has 0 rings (SSSR count). The molecule has 6 nitrogen and oxygen atoms in total. The molecule has 2 amide bonds. The molecule has 0 aromatic carbocycles. The molecular weight excluding hydrogens is 284 g/mol. The van der Waals surface area contributed by atoms with E-state index in [1.165, 1.54) is 0 Å². The maximum Gasteiger partial charge on any atom is 0.410 e. The van der Waals surface area contributed by atoms with Gasteiger partial charge in [0, 0.05) is 32.6 Å². The van der Waals surface area contributed by atoms with E-state index in [1.54, 1.807) is 9.80 Å². The van der Waals surface area contributed by atoms with Crippen LogP contribution in [0.15, 0.2) is 11.6 Å². The lowest BCUT2D eigenvalue weighted by atomic mass is 10.2. The molecule has 0 aliphatic carbocycles. The van der Waals surface area contributed by atoms with Crippen molar-refractivity contribution in [2.45, 2.75) is 41.0 Å². The second-order valence-corrected chi connectivity index (χ2v) is 4.84. The molecule has 128 valence electrons. The highest BCUT2D eigenvalue weighted by molar-refractivity contribution is 5.67. The molecule has 0 bridgehead atoms. The third kappa shape index (κ3) is 7.90. The predicted octanol–water partition coefficient (Wildman–Crippen LogP) is 3.28. The van der Waals surface area contributed by atoms with Crippen LogP contribution in [0.25, 0.3) is 0 Å². The molecule has 0 heterocycles. The van der Waals surface area contributed by atoms with E-state index < -0.39 is 0 Å². The van der Waals surface area contributed by atoms with E-state index in [1.807, 2.05) is 40.7 Å². The van der Waals surface area contributed by atoms with E-state index in [-0.39, 0.29) is 18.8 Å². The van der Waals surface area contributed by atoms with Crippen LogP contribution in [0, 0.1) is 0 Å². The molecule has 0 aromatic rings. The molecule has 0 saturated heterocycles. The summed E-state index contributed by atoms with van der Waals surface area (Å²) in [5, 5.41) is 0. The highest BCUT2D eigenvalue weighted by Crippen LogP contribution is 2.03. The molecule has 0 unspecified atom stereocenters. The molecular formula is C16H30N2O4. The predicted molar refractivity (Wildman–Crippen MR) is 86.9 cm³/mol. The normalized spacial score (nSPS) is 11.0. The van der Waals surface area contributed by atoms with Crippen LogP contribution in [0.3, 0.4) is 0 Å². The molecule has 0 fully saturated rings. The molecule has 0 aliphatic heterocycles. The average Bonchev–Trinajstić information content (AvgIpc) is 2.49. The Balaban J connectivity index is 4.00. The Kier molecular flexibility index (Phi) is 11.0. The summed E-state index contributed by atoms with van der Waals surface area (Å²) in [6.07, 6.45) is 1.88. The zero-order valence-corrected chi connectivity index (χ0v) is 14.6. The number of nitrogens with zero attached hydrogens (tertiary/aromatic N) is 2. The van der Waals surface area contributed by atoms with Crippen LogP contribution >= 0.6 is 0 Å². The van der Waals surface area contributed by atoms with Gasteiger partial charge in [-0.3, -0.25) is 0 Å². The van der Waals surface area contributed by atoms with E-state index in [4.69, 9.17) is 9.47 Å². The molecule has 22 heavy (non-hydrogen) atoms. The van der Waals surface area contributed by atoms with E-state index in [2.05, 4.69) is 0 Å². The lowest BCUT2D eigenvalue weighted by Gasteiger charge is -2.18. The maximum atomic E-state index is 11.6. The third-order valence-electron chi connectivity index (χ3n) is 3.40. The summed E-state index contributed by atoms with van der Waals surface area (Å²) >= 11 is 0. The summed E-state index contributed by atoms with van der Waals surface area (Å²) in [6, 6.07) is 0. The fourth-order valence-electron chi connectivity index (χ4n) is 1.80. The minimum atomic E-state index is -0.304. The van der Waals surface area contributed by atoms with Gasteiger partial charge in [0.05, 0.1) is 6.61 Å². The smallest absolute Gasteiger partial charge is 0.410 e. The first-order valence-corrected chi connectivity index (χ1v) is 7.98. The summed E-state index contributed by atoms with van der Waals surface area (Å²) in [5.74, 6) is 0. The monoisotopic (exact) mass is 314 g/mol. The molecule has 0 radical (unpaired) electrons. The fraction of sp³-hybridized carbons (Fsp3) is 0.750. The second kappa shape index (κ2) is 11.9. The zero-order valence-electron chi connectivity index (χ0n) is 14.6. The summed E-state index contributed by atoms with van der Waals surface area (Å²) in [4.78, 5) is 26.5. The molecule has 0 saturated carbocycles. The Labute approximate surface area is 134 Å². The van der Waals surface area contributed by atoms with Crippen molar-refractivity contribution >= 4 is 12.2 Å². The van der Waals surface area contributed by atoms with Crippen LogP contribution in [-0.2, 0) is 9.47 Å². The summed E-state index contributed by atoms with van der Waals surface area (Å²) in [5.41, 5.74) is 1.03. The average molecular weight is 314 g/mol. The van der Waals surface area contributed by atoms with E-state index in [0.29, 0.717) is 39.2 Å². The van der Waals surface area contributed by atoms with Crippen LogP contribution in [0.4, 0.5) is 9.59 Å². The van der Waals surface area contributed by atoms with Crippen LogP contribution < -0.4 is 0 Å². The molecule has 0 atom stereocenters. The Bertz CT molecular complexity index is 361. The Morgan fingerprint density at radius 1 is 0.864 bits per heavy atom. The SMILES string of the molecule is CCN(CC)C(=O)OC/C=C(/C)CCOC(=O)N(CC)CC. The van der Waals surface area contributed by atoms with Gasteiger partial charge >= 0.3 is 12.2 Å². The zero-order chi connectivity index (χ0) is 17.0. The van der Waals surface area contributed by atoms with Crippen LogP contribution in [0.1, 0.15) is 41.0 Å². The van der Waals surface area contributed by atoms with Gasteiger partial charge < -0.3 is 19.3 Å². The third-order valence-corrected chi connectivity index (χ3v) is 3.40. The topological polar surface area (TPSA) is 59.1 Å². The number of carbonyl (C=O) groups is 2. The van der Waals surface area contributed by atoms with E-state index in [9.17, 15) is 9.59 Å². The summed E-state index contributed by atoms with van der Waals surface area (Å²) < 4.78 is 10.3. The van der Waals surface area contributed by atoms with Gasteiger partial charge in [0.25, 0.3) is 0 Å². The van der Waals surface area contributed by atoms with Crippen molar-refractivity contribution in [2.24, 2.45) is 0 Å². The van der Waals surface area contributed by atoms with E-state index >= 15 is 0 Å². The Hall–Kier alpha value is -1.72. The fourth-order valence-corrected chi connectivity index (χ4v) is 1.80. The van der Waals surface area contributed by atoms with Crippen molar-refractivity contribution in [3.8, 4) is 0 Å². The first-order valence-electron chi connectivity index (χ1n) is 7.98. The lowest BCUT2D eigenvalue weighted by Crippen LogP contribution is -2.31. The van der Waals surface area contributed by atoms with Crippen molar-refractivity contribution < 1.29 is 19.1 Å². The van der Waals surface area contributed by atoms with Crippen LogP contribution in [0.2, 0.25) is 0 Å². The van der Waals surface area contributed by atoms with E-state index in [0.717, 1.165) is 5.57 Å². The highest BCUT2D eigenvalue weighted by atomic mass is 16.6. The molecule has 0 spiro atoms. The maximum absolute atomic E-state index is 11.6. The number of ether oxygens (including phenoxy) is 2. The lowest BCUT2D eigenvalue weighted by molar-refractivity contribution is 0.107.